The van der Waals surface area contributed by atoms with Gasteiger partial charge in [-0.1, -0.05) is 0 Å². The molecule has 21 heteroatoms. The molecule has 38 heavy (non-hydrogen) atoms. The molecule has 0 aliphatic carbocycles. The first-order chi connectivity index (χ1) is 16.4. The summed E-state index contributed by atoms with van der Waals surface area (Å²) in [6.45, 7) is 0.820. The monoisotopic (exact) mass is 619 g/mol. The number of nitrogens with zero attached hydrogens (tertiary/aromatic N) is 3. The largest absolute Gasteiger partial charge is 0.384 e. The van der Waals surface area contributed by atoms with Crippen molar-refractivity contribution in [2.45, 2.75) is 73.2 Å². The SMILES string of the molecule is CN(C)C(=N[Si](C)(C)C(F)C(F)(F)C(F)(F)C(F)(F)C(F)(F)C(F)(F)C(F)(F)C(F)C(F)C(F)F)N(C)C. The van der Waals surface area contributed by atoms with Crippen LogP contribution in [0, 0.1) is 0 Å². The van der Waals surface area contributed by atoms with Gasteiger partial charge in [0, 0.05) is 28.2 Å². The molecule has 0 aromatic carbocycles. The quantitative estimate of drug-likeness (QED) is 0.117. The smallest absolute Gasteiger partial charge is 0.350 e. The van der Waals surface area contributed by atoms with Crippen LogP contribution in [0.4, 0.5) is 74.6 Å². The number of rotatable bonds is 11. The molecule has 0 aliphatic heterocycles. The lowest BCUT2D eigenvalue weighted by Crippen LogP contribution is -2.74. The third kappa shape index (κ3) is 5.61. The van der Waals surface area contributed by atoms with Gasteiger partial charge in [-0.05, 0) is 13.1 Å². The zero-order valence-corrected chi connectivity index (χ0v) is 21.1. The summed E-state index contributed by atoms with van der Waals surface area (Å²) in [5.41, 5.74) is 0. The Morgan fingerprint density at radius 3 is 1.18 bits per heavy atom. The van der Waals surface area contributed by atoms with E-state index in [1.165, 1.54) is 28.2 Å². The summed E-state index contributed by atoms with van der Waals surface area (Å²) >= 11 is 0. The van der Waals surface area contributed by atoms with Gasteiger partial charge in [0.2, 0.25) is 14.4 Å². The molecule has 0 aromatic rings. The van der Waals surface area contributed by atoms with Gasteiger partial charge in [0.05, 0.1) is 0 Å². The Morgan fingerprint density at radius 2 is 0.895 bits per heavy atom. The van der Waals surface area contributed by atoms with Gasteiger partial charge in [0.1, 0.15) is 0 Å². The van der Waals surface area contributed by atoms with Crippen LogP contribution in [0.25, 0.3) is 0 Å². The van der Waals surface area contributed by atoms with E-state index in [9.17, 15) is 74.6 Å². The highest BCUT2D eigenvalue weighted by Gasteiger charge is 2.92. The first kappa shape index (κ1) is 36.3. The van der Waals surface area contributed by atoms with Gasteiger partial charge in [-0.25, -0.2) is 22.0 Å². The average molecular weight is 619 g/mol. The van der Waals surface area contributed by atoms with Gasteiger partial charge < -0.3 is 9.80 Å². The Kier molecular flexibility index (Phi) is 10.2. The normalized spacial score (nSPS) is 17.3. The van der Waals surface area contributed by atoms with E-state index in [2.05, 4.69) is 4.66 Å². The van der Waals surface area contributed by atoms with Crippen molar-refractivity contribution in [2.75, 3.05) is 28.2 Å². The summed E-state index contributed by atoms with van der Waals surface area (Å²) in [5, 5.41) is 0. The minimum absolute atomic E-state index is 0.410. The Labute approximate surface area is 205 Å². The standard InChI is InChI=1S/C17H22F17N3Si/c1-36(2)11(37(3)4)35-38(5,6)10(22)13(25,26)15(29,30)17(33,34)16(31,32)14(27,28)12(23,24)8(19)7(18)9(20)21/h7-10H,1-6H3. The second-order valence-corrected chi connectivity index (χ2v) is 13.0. The van der Waals surface area contributed by atoms with Crippen molar-refractivity contribution < 1.29 is 74.6 Å². The number of alkyl halides is 17. The number of hydrogen-bond acceptors (Lipinski definition) is 1. The molecule has 0 saturated carbocycles. The topological polar surface area (TPSA) is 18.8 Å². The van der Waals surface area contributed by atoms with Crippen LogP contribution < -0.4 is 0 Å². The molecular weight excluding hydrogens is 597 g/mol. The molecule has 0 aliphatic rings. The van der Waals surface area contributed by atoms with Crippen LogP contribution in [0.1, 0.15) is 0 Å². The molecule has 0 bridgehead atoms. The predicted octanol–water partition coefficient (Wildman–Crippen LogP) is 6.30. The van der Waals surface area contributed by atoms with Crippen LogP contribution >= 0.6 is 0 Å². The maximum atomic E-state index is 14.7. The first-order valence-electron chi connectivity index (χ1n) is 9.82. The first-order valence-corrected chi connectivity index (χ1v) is 12.8. The summed E-state index contributed by atoms with van der Waals surface area (Å²) in [6, 6.07) is 0. The maximum Gasteiger partial charge on any atom is 0.384 e. The third-order valence-corrected chi connectivity index (χ3v) is 7.39. The molecule has 0 radical (unpaired) electrons. The van der Waals surface area contributed by atoms with Crippen molar-refractivity contribution >= 4 is 14.2 Å². The summed E-state index contributed by atoms with van der Waals surface area (Å²) in [7, 11) is -0.305. The molecule has 228 valence electrons. The van der Waals surface area contributed by atoms with E-state index in [1.54, 1.807) is 0 Å². The second kappa shape index (κ2) is 10.7. The van der Waals surface area contributed by atoms with E-state index < -0.39 is 74.3 Å². The molecule has 0 heterocycles. The minimum atomic E-state index is -8.39. The number of hydrogen-bond donors (Lipinski definition) is 0. The molecule has 3 nitrogen and oxygen atoms in total. The summed E-state index contributed by atoms with van der Waals surface area (Å²) in [4.78, 5) is 1.99. The molecule has 0 N–H and O–H groups in total. The van der Waals surface area contributed by atoms with Crippen molar-refractivity contribution in [3.05, 3.63) is 0 Å². The van der Waals surface area contributed by atoms with Gasteiger partial charge >= 0.3 is 35.5 Å². The lowest BCUT2D eigenvalue weighted by molar-refractivity contribution is -0.432. The van der Waals surface area contributed by atoms with Crippen molar-refractivity contribution in [1.29, 1.82) is 0 Å². The molecule has 0 saturated heterocycles. The Morgan fingerprint density at radius 1 is 0.579 bits per heavy atom. The van der Waals surface area contributed by atoms with Gasteiger partial charge in [-0.2, -0.15) is 52.7 Å². The van der Waals surface area contributed by atoms with Crippen LogP contribution in [0.2, 0.25) is 13.1 Å². The molecule has 3 atom stereocenters. The fourth-order valence-corrected chi connectivity index (χ4v) is 4.93. The molecule has 0 spiro atoms. The van der Waals surface area contributed by atoms with E-state index in [4.69, 9.17) is 0 Å². The van der Waals surface area contributed by atoms with E-state index in [1.807, 2.05) is 0 Å². The van der Waals surface area contributed by atoms with E-state index in [0.29, 0.717) is 13.1 Å². The van der Waals surface area contributed by atoms with Gasteiger partial charge in [-0.3, -0.25) is 4.66 Å². The third-order valence-electron chi connectivity index (χ3n) is 5.01. The average Bonchev–Trinajstić information content (AvgIpc) is 2.74. The van der Waals surface area contributed by atoms with E-state index in [-0.39, 0.29) is 0 Å². The molecular formula is C17H22F17N3Si. The molecule has 0 aromatic heterocycles. The predicted molar refractivity (Wildman–Crippen MR) is 103 cm³/mol. The van der Waals surface area contributed by atoms with Gasteiger partial charge in [-0.15, -0.1) is 0 Å². The zero-order valence-electron chi connectivity index (χ0n) is 20.1. The zero-order chi connectivity index (χ0) is 31.2. The molecule has 0 rings (SSSR count). The van der Waals surface area contributed by atoms with Crippen LogP contribution in [0.3, 0.4) is 0 Å². The summed E-state index contributed by atoms with van der Waals surface area (Å²) in [5.74, 6) is -52.4. The van der Waals surface area contributed by atoms with E-state index >= 15 is 0 Å². The lowest BCUT2D eigenvalue weighted by atomic mass is 9.89. The van der Waals surface area contributed by atoms with Crippen LogP contribution in [-0.2, 0) is 0 Å². The lowest BCUT2D eigenvalue weighted by Gasteiger charge is -2.43. The fourth-order valence-electron chi connectivity index (χ4n) is 2.83. The van der Waals surface area contributed by atoms with E-state index in [0.717, 1.165) is 9.80 Å². The Bertz CT molecular complexity index is 834. The summed E-state index contributed by atoms with van der Waals surface area (Å²) < 4.78 is 236. The van der Waals surface area contributed by atoms with Crippen LogP contribution in [-0.4, -0.2) is 112 Å². The maximum absolute atomic E-state index is 14.7. The summed E-state index contributed by atoms with van der Waals surface area (Å²) in [6.07, 6.45) is -15.6. The number of halogens is 17. The molecule has 0 fully saturated rings. The fraction of sp³-hybridized carbons (Fsp3) is 0.941. The minimum Gasteiger partial charge on any atom is -0.350 e. The molecule has 0 amide bonds. The van der Waals surface area contributed by atoms with Gasteiger partial charge in [0.15, 0.2) is 17.9 Å². The van der Waals surface area contributed by atoms with Crippen molar-refractivity contribution in [3.8, 4) is 0 Å². The second-order valence-electron chi connectivity index (χ2n) is 8.94. The van der Waals surface area contributed by atoms with Crippen molar-refractivity contribution in [3.63, 3.8) is 0 Å². The molecule has 3 unspecified atom stereocenters. The van der Waals surface area contributed by atoms with Crippen molar-refractivity contribution in [2.24, 2.45) is 4.66 Å². The highest BCUT2D eigenvalue weighted by Crippen LogP contribution is 2.62. The highest BCUT2D eigenvalue weighted by atomic mass is 28.3. The number of guanidine groups is 1. The highest BCUT2D eigenvalue weighted by molar-refractivity contribution is 6.78. The van der Waals surface area contributed by atoms with Crippen LogP contribution in [0.5, 0.6) is 0 Å². The Hall–Kier alpha value is -1.70. The van der Waals surface area contributed by atoms with Crippen LogP contribution in [0.15, 0.2) is 4.66 Å². The Balaban J connectivity index is 6.85. The van der Waals surface area contributed by atoms with Gasteiger partial charge in [0.25, 0.3) is 6.43 Å². The van der Waals surface area contributed by atoms with Crippen molar-refractivity contribution in [1.82, 2.24) is 9.80 Å².